The van der Waals surface area contributed by atoms with E-state index in [1.807, 2.05) is 31.3 Å². The van der Waals surface area contributed by atoms with E-state index in [-0.39, 0.29) is 24.0 Å². The van der Waals surface area contributed by atoms with Crippen molar-refractivity contribution in [3.05, 3.63) is 35.4 Å². The maximum atomic E-state index is 8.79. The van der Waals surface area contributed by atoms with Gasteiger partial charge in [-0.1, -0.05) is 19.1 Å². The number of halogens is 1. The minimum atomic E-state index is 0. The van der Waals surface area contributed by atoms with Crippen molar-refractivity contribution < 1.29 is 0 Å². The van der Waals surface area contributed by atoms with Crippen molar-refractivity contribution in [3.8, 4) is 6.07 Å². The van der Waals surface area contributed by atoms with Gasteiger partial charge in [-0.05, 0) is 36.5 Å². The Labute approximate surface area is 144 Å². The largest absolute Gasteiger partial charge is 0.352 e. The molecule has 1 fully saturated rings. The lowest BCUT2D eigenvalue weighted by molar-refractivity contribution is 0.266. The first-order chi connectivity index (χ1) is 9.72. The number of hydrogen-bond donors (Lipinski definition) is 1. The van der Waals surface area contributed by atoms with Gasteiger partial charge in [-0.2, -0.15) is 5.26 Å². The lowest BCUT2D eigenvalue weighted by atomic mass is 10.0. The Kier molecular flexibility index (Phi) is 7.51. The van der Waals surface area contributed by atoms with Gasteiger partial charge in [-0.3, -0.25) is 4.99 Å². The molecular formula is C16H23IN4. The first-order valence-electron chi connectivity index (χ1n) is 7.17. The van der Waals surface area contributed by atoms with Crippen LogP contribution in [0.5, 0.6) is 0 Å². The molecule has 1 atom stereocenters. The summed E-state index contributed by atoms with van der Waals surface area (Å²) in [6, 6.07) is 9.80. The standard InChI is InChI=1S/C16H22N4.HI/c1-13-4-3-9-20(12-13)16(18-2)19-11-15-7-5-14(10-17)6-8-15;/h5-8,13H,3-4,9,11-12H2,1-2H3,(H,18,19);1H. The molecule has 21 heavy (non-hydrogen) atoms. The minimum Gasteiger partial charge on any atom is -0.352 e. The lowest BCUT2D eigenvalue weighted by Gasteiger charge is -2.33. The third-order valence-corrected chi connectivity index (χ3v) is 3.70. The van der Waals surface area contributed by atoms with E-state index in [0.717, 1.165) is 37.1 Å². The zero-order valence-electron chi connectivity index (χ0n) is 12.7. The average Bonchev–Trinajstić information content (AvgIpc) is 2.48. The van der Waals surface area contributed by atoms with E-state index in [4.69, 9.17) is 5.26 Å². The van der Waals surface area contributed by atoms with Gasteiger partial charge in [0.25, 0.3) is 0 Å². The predicted octanol–water partition coefficient (Wildman–Crippen LogP) is 2.98. The van der Waals surface area contributed by atoms with Crippen LogP contribution in [0.3, 0.4) is 0 Å². The van der Waals surface area contributed by atoms with E-state index < -0.39 is 0 Å². The van der Waals surface area contributed by atoms with Crippen LogP contribution in [0.15, 0.2) is 29.3 Å². The van der Waals surface area contributed by atoms with Crippen LogP contribution in [0.1, 0.15) is 30.9 Å². The molecule has 1 aromatic rings. The Hall–Kier alpha value is -1.29. The normalized spacial score (nSPS) is 18.6. The van der Waals surface area contributed by atoms with Crippen molar-refractivity contribution >= 4 is 29.9 Å². The van der Waals surface area contributed by atoms with Gasteiger partial charge >= 0.3 is 0 Å². The molecule has 1 aromatic carbocycles. The smallest absolute Gasteiger partial charge is 0.193 e. The summed E-state index contributed by atoms with van der Waals surface area (Å²) in [7, 11) is 1.83. The molecule has 1 saturated heterocycles. The minimum absolute atomic E-state index is 0. The Balaban J connectivity index is 0.00000220. The maximum absolute atomic E-state index is 8.79. The predicted molar refractivity (Wildman–Crippen MR) is 96.7 cm³/mol. The molecular weight excluding hydrogens is 375 g/mol. The lowest BCUT2D eigenvalue weighted by Crippen LogP contribution is -2.45. The van der Waals surface area contributed by atoms with Crippen LogP contribution >= 0.6 is 24.0 Å². The number of nitrogens with one attached hydrogen (secondary N) is 1. The van der Waals surface area contributed by atoms with E-state index in [1.165, 1.54) is 12.8 Å². The molecule has 1 aliphatic heterocycles. The van der Waals surface area contributed by atoms with E-state index in [1.54, 1.807) is 0 Å². The number of likely N-dealkylation sites (tertiary alicyclic amines) is 1. The topological polar surface area (TPSA) is 51.4 Å². The van der Waals surface area contributed by atoms with Crippen LogP contribution in [0.2, 0.25) is 0 Å². The van der Waals surface area contributed by atoms with Crippen LogP contribution in [-0.4, -0.2) is 31.0 Å². The molecule has 0 saturated carbocycles. The summed E-state index contributed by atoms with van der Waals surface area (Å²) in [6.45, 7) is 5.19. The fourth-order valence-electron chi connectivity index (χ4n) is 2.59. The molecule has 0 radical (unpaired) electrons. The fraction of sp³-hybridized carbons (Fsp3) is 0.500. The van der Waals surface area contributed by atoms with Gasteiger partial charge in [-0.25, -0.2) is 0 Å². The highest BCUT2D eigenvalue weighted by molar-refractivity contribution is 14.0. The van der Waals surface area contributed by atoms with Crippen LogP contribution in [0.4, 0.5) is 0 Å². The average molecular weight is 398 g/mol. The molecule has 5 heteroatoms. The zero-order valence-corrected chi connectivity index (χ0v) is 15.0. The molecule has 0 spiro atoms. The number of hydrogen-bond acceptors (Lipinski definition) is 2. The van der Waals surface area contributed by atoms with Gasteiger partial charge in [0.15, 0.2) is 5.96 Å². The maximum Gasteiger partial charge on any atom is 0.193 e. The molecule has 114 valence electrons. The van der Waals surface area contributed by atoms with Crippen molar-refractivity contribution in [3.63, 3.8) is 0 Å². The summed E-state index contributed by atoms with van der Waals surface area (Å²) < 4.78 is 0. The quantitative estimate of drug-likeness (QED) is 0.474. The fourth-order valence-corrected chi connectivity index (χ4v) is 2.59. The highest BCUT2D eigenvalue weighted by atomic mass is 127. The Morgan fingerprint density at radius 2 is 2.14 bits per heavy atom. The molecule has 1 N–H and O–H groups in total. The summed E-state index contributed by atoms with van der Waals surface area (Å²) in [5.74, 6) is 1.71. The highest BCUT2D eigenvalue weighted by Gasteiger charge is 2.18. The van der Waals surface area contributed by atoms with Crippen LogP contribution in [-0.2, 0) is 6.54 Å². The van der Waals surface area contributed by atoms with E-state index in [9.17, 15) is 0 Å². The Bertz CT molecular complexity index is 504. The molecule has 0 bridgehead atoms. The third kappa shape index (κ3) is 5.20. The SMILES string of the molecule is CN=C(NCc1ccc(C#N)cc1)N1CCCC(C)C1.I. The molecule has 1 aliphatic rings. The second-order valence-corrected chi connectivity index (χ2v) is 5.40. The highest BCUT2D eigenvalue weighted by Crippen LogP contribution is 2.15. The number of nitrogens with zero attached hydrogens (tertiary/aromatic N) is 3. The first-order valence-corrected chi connectivity index (χ1v) is 7.17. The van der Waals surface area contributed by atoms with Crippen molar-refractivity contribution in [1.29, 1.82) is 5.26 Å². The van der Waals surface area contributed by atoms with Crippen molar-refractivity contribution in [1.82, 2.24) is 10.2 Å². The van der Waals surface area contributed by atoms with Crippen molar-refractivity contribution in [2.24, 2.45) is 10.9 Å². The molecule has 1 heterocycles. The van der Waals surface area contributed by atoms with Gasteiger partial charge in [0.05, 0.1) is 11.6 Å². The van der Waals surface area contributed by atoms with E-state index in [2.05, 4.69) is 28.2 Å². The molecule has 4 nitrogen and oxygen atoms in total. The second kappa shape index (κ2) is 8.88. The first kappa shape index (κ1) is 17.8. The van der Waals surface area contributed by atoms with Gasteiger partial charge in [-0.15, -0.1) is 24.0 Å². The summed E-state index contributed by atoms with van der Waals surface area (Å²) in [5, 5.41) is 12.2. The number of benzene rings is 1. The monoisotopic (exact) mass is 398 g/mol. The van der Waals surface area contributed by atoms with E-state index >= 15 is 0 Å². The number of guanidine groups is 1. The molecule has 1 unspecified atom stereocenters. The molecule has 0 aromatic heterocycles. The number of rotatable bonds is 2. The van der Waals surface area contributed by atoms with Gasteiger partial charge in [0.1, 0.15) is 0 Å². The van der Waals surface area contributed by atoms with Crippen LogP contribution < -0.4 is 5.32 Å². The van der Waals surface area contributed by atoms with Crippen LogP contribution in [0, 0.1) is 17.2 Å². The zero-order chi connectivity index (χ0) is 14.4. The molecule has 0 amide bonds. The molecule has 2 rings (SSSR count). The van der Waals surface area contributed by atoms with Gasteiger partial charge in [0.2, 0.25) is 0 Å². The summed E-state index contributed by atoms with van der Waals surface area (Å²) >= 11 is 0. The summed E-state index contributed by atoms with van der Waals surface area (Å²) in [4.78, 5) is 6.71. The Morgan fingerprint density at radius 3 is 2.71 bits per heavy atom. The van der Waals surface area contributed by atoms with Gasteiger partial charge in [0, 0.05) is 26.7 Å². The molecule has 0 aliphatic carbocycles. The summed E-state index contributed by atoms with van der Waals surface area (Å²) in [5.41, 5.74) is 1.86. The van der Waals surface area contributed by atoms with Crippen LogP contribution in [0.25, 0.3) is 0 Å². The number of piperidine rings is 1. The summed E-state index contributed by atoms with van der Waals surface area (Å²) in [6.07, 6.45) is 2.54. The van der Waals surface area contributed by atoms with Crippen molar-refractivity contribution in [2.75, 3.05) is 20.1 Å². The van der Waals surface area contributed by atoms with Gasteiger partial charge < -0.3 is 10.2 Å². The third-order valence-electron chi connectivity index (χ3n) is 3.70. The van der Waals surface area contributed by atoms with Crippen molar-refractivity contribution in [2.45, 2.75) is 26.3 Å². The number of nitriles is 1. The second-order valence-electron chi connectivity index (χ2n) is 5.40. The van der Waals surface area contributed by atoms with E-state index in [0.29, 0.717) is 5.56 Å². The Morgan fingerprint density at radius 1 is 1.43 bits per heavy atom. The number of aliphatic imine (C=N–C) groups is 1.